The fraction of sp³-hybridized carbons (Fsp3) is 0.0952. The van der Waals surface area contributed by atoms with Crippen LogP contribution >= 0.6 is 12.2 Å². The first-order valence-electron chi connectivity index (χ1n) is 8.71. The molecule has 2 aromatic heterocycles. The molecule has 0 atom stereocenters. The third-order valence-corrected chi connectivity index (χ3v) is 4.65. The molecule has 0 spiro atoms. The summed E-state index contributed by atoms with van der Waals surface area (Å²) < 4.78 is 2.22. The molecule has 4 rings (SSSR count). The predicted molar refractivity (Wildman–Crippen MR) is 109 cm³/mol. The lowest BCUT2D eigenvalue weighted by Gasteiger charge is -2.09. The van der Waals surface area contributed by atoms with Crippen LogP contribution in [-0.2, 0) is 6.42 Å². The monoisotopic (exact) mass is 374 g/mol. The van der Waals surface area contributed by atoms with Gasteiger partial charge in [0, 0.05) is 35.9 Å². The van der Waals surface area contributed by atoms with Crippen molar-refractivity contribution < 1.29 is 4.79 Å². The minimum Gasteiger partial charge on any atom is -0.350 e. The molecule has 0 aliphatic rings. The van der Waals surface area contributed by atoms with Crippen molar-refractivity contribution in [2.45, 2.75) is 6.42 Å². The molecule has 0 unspecified atom stereocenters. The van der Waals surface area contributed by atoms with Crippen LogP contribution in [-0.4, -0.2) is 27.0 Å². The first-order valence-corrected chi connectivity index (χ1v) is 9.12. The van der Waals surface area contributed by atoms with Crippen LogP contribution in [0.3, 0.4) is 0 Å². The van der Waals surface area contributed by atoms with Gasteiger partial charge in [0.05, 0.1) is 5.52 Å². The number of nitrogens with zero attached hydrogens (tertiary/aromatic N) is 2. The number of hydrogen-bond acceptors (Lipinski definition) is 3. The number of imidazole rings is 1. The molecule has 1 amide bonds. The van der Waals surface area contributed by atoms with Crippen molar-refractivity contribution in [1.82, 2.24) is 19.9 Å². The molecule has 0 radical (unpaired) electrons. The van der Waals surface area contributed by atoms with Crippen molar-refractivity contribution in [3.05, 3.63) is 89.1 Å². The van der Waals surface area contributed by atoms with E-state index in [4.69, 9.17) is 12.2 Å². The summed E-state index contributed by atoms with van der Waals surface area (Å²) in [5, 5.41) is 4.06. The minimum absolute atomic E-state index is 0.174. The third kappa shape index (κ3) is 3.66. The summed E-state index contributed by atoms with van der Waals surface area (Å²) in [5.74, 6) is -0.174. The minimum atomic E-state index is -0.174. The summed E-state index contributed by atoms with van der Waals surface area (Å²) in [4.78, 5) is 20.2. The first kappa shape index (κ1) is 17.2. The van der Waals surface area contributed by atoms with Crippen molar-refractivity contribution in [1.29, 1.82) is 0 Å². The van der Waals surface area contributed by atoms with Gasteiger partial charge in [-0.15, -0.1) is 0 Å². The zero-order valence-electron chi connectivity index (χ0n) is 14.6. The summed E-state index contributed by atoms with van der Waals surface area (Å²) in [6, 6.07) is 21.6. The van der Waals surface area contributed by atoms with Crippen molar-refractivity contribution >= 4 is 29.0 Å². The van der Waals surface area contributed by atoms with Crippen LogP contribution in [0, 0.1) is 4.77 Å². The van der Waals surface area contributed by atoms with Crippen molar-refractivity contribution in [2.75, 3.05) is 6.54 Å². The fourth-order valence-corrected chi connectivity index (χ4v) is 3.27. The van der Waals surface area contributed by atoms with E-state index < -0.39 is 0 Å². The van der Waals surface area contributed by atoms with E-state index in [0.717, 1.165) is 22.3 Å². The highest BCUT2D eigenvalue weighted by molar-refractivity contribution is 7.71. The molecule has 0 aliphatic carbocycles. The zero-order valence-corrected chi connectivity index (χ0v) is 15.4. The number of nitrogens with one attached hydrogen (secondary N) is 2. The van der Waals surface area contributed by atoms with Crippen LogP contribution < -0.4 is 5.32 Å². The number of H-pyrrole nitrogens is 1. The fourth-order valence-electron chi connectivity index (χ4n) is 3.01. The van der Waals surface area contributed by atoms with Gasteiger partial charge in [-0.05, 0) is 36.5 Å². The maximum Gasteiger partial charge on any atom is 0.269 e. The van der Waals surface area contributed by atoms with E-state index >= 15 is 0 Å². The molecule has 6 heteroatoms. The summed E-state index contributed by atoms with van der Waals surface area (Å²) in [6.45, 7) is 0.497. The lowest BCUT2D eigenvalue weighted by Crippen LogP contribution is -2.27. The summed E-state index contributed by atoms with van der Waals surface area (Å²) in [7, 11) is 0. The second-order valence-electron chi connectivity index (χ2n) is 6.15. The number of amides is 1. The molecule has 0 aliphatic heterocycles. The number of rotatable bonds is 5. The average molecular weight is 374 g/mol. The standard InChI is InChI=1S/C21H18N4OS/c26-20(19-14-23-21(27)25(19)17-7-2-1-3-8-17)22-13-12-16-11-10-15-6-4-5-9-18(15)24-16/h1-11,14H,12-13H2,(H,22,26)(H,23,27). The molecule has 2 aromatic carbocycles. The molecular formula is C21H18N4OS. The van der Waals surface area contributed by atoms with Gasteiger partial charge in [0.25, 0.3) is 5.91 Å². The van der Waals surface area contributed by atoms with Gasteiger partial charge < -0.3 is 10.3 Å². The molecule has 2 heterocycles. The topological polar surface area (TPSA) is 62.7 Å². The van der Waals surface area contributed by atoms with Crippen LogP contribution in [0.2, 0.25) is 0 Å². The number of aromatic nitrogens is 3. The normalized spacial score (nSPS) is 10.8. The Morgan fingerprint density at radius 1 is 1.04 bits per heavy atom. The molecule has 5 nitrogen and oxygen atoms in total. The predicted octanol–water partition coefficient (Wildman–Crippen LogP) is 4.06. The SMILES string of the molecule is O=C(NCCc1ccc2ccccc2n1)c1c[nH]c(=S)n1-c1ccccc1. The van der Waals surface area contributed by atoms with E-state index in [0.29, 0.717) is 23.4 Å². The highest BCUT2D eigenvalue weighted by Gasteiger charge is 2.13. The molecule has 27 heavy (non-hydrogen) atoms. The Morgan fingerprint density at radius 3 is 2.67 bits per heavy atom. The molecule has 0 saturated carbocycles. The van der Waals surface area contributed by atoms with Gasteiger partial charge in [0.2, 0.25) is 0 Å². The Kier molecular flexibility index (Phi) is 4.80. The van der Waals surface area contributed by atoms with Gasteiger partial charge in [-0.25, -0.2) is 0 Å². The van der Waals surface area contributed by atoms with Gasteiger partial charge in [0.1, 0.15) is 5.69 Å². The highest BCUT2D eigenvalue weighted by Crippen LogP contribution is 2.13. The Balaban J connectivity index is 1.46. The van der Waals surface area contributed by atoms with E-state index in [-0.39, 0.29) is 5.91 Å². The molecule has 0 bridgehead atoms. The van der Waals surface area contributed by atoms with E-state index in [1.807, 2.05) is 60.7 Å². The van der Waals surface area contributed by atoms with Crippen LogP contribution in [0.4, 0.5) is 0 Å². The van der Waals surface area contributed by atoms with E-state index in [1.165, 1.54) is 0 Å². The van der Waals surface area contributed by atoms with Gasteiger partial charge in [-0.1, -0.05) is 42.5 Å². The van der Waals surface area contributed by atoms with Gasteiger partial charge >= 0.3 is 0 Å². The van der Waals surface area contributed by atoms with Crippen LogP contribution in [0.1, 0.15) is 16.2 Å². The molecule has 2 N–H and O–H groups in total. The Labute approximate surface area is 161 Å². The van der Waals surface area contributed by atoms with Crippen molar-refractivity contribution in [2.24, 2.45) is 0 Å². The summed E-state index contributed by atoms with van der Waals surface area (Å²) >= 11 is 5.33. The number of carbonyl (C=O) groups is 1. The number of para-hydroxylation sites is 2. The number of carbonyl (C=O) groups excluding carboxylic acids is 1. The number of fused-ring (bicyclic) bond motifs is 1. The number of hydrogen-bond donors (Lipinski definition) is 2. The quantitative estimate of drug-likeness (QED) is 0.518. The van der Waals surface area contributed by atoms with Crippen LogP contribution in [0.15, 0.2) is 72.9 Å². The number of aromatic amines is 1. The average Bonchev–Trinajstić information content (AvgIpc) is 3.10. The van der Waals surface area contributed by atoms with Gasteiger partial charge in [-0.2, -0.15) is 0 Å². The second-order valence-corrected chi connectivity index (χ2v) is 6.54. The molecular weight excluding hydrogens is 356 g/mol. The van der Waals surface area contributed by atoms with Gasteiger partial charge in [0.15, 0.2) is 4.77 Å². The van der Waals surface area contributed by atoms with Gasteiger partial charge in [-0.3, -0.25) is 14.3 Å². The lowest BCUT2D eigenvalue weighted by atomic mass is 10.2. The molecule has 0 saturated heterocycles. The highest BCUT2D eigenvalue weighted by atomic mass is 32.1. The maximum atomic E-state index is 12.6. The second kappa shape index (κ2) is 7.55. The molecule has 0 fully saturated rings. The largest absolute Gasteiger partial charge is 0.350 e. The number of pyridine rings is 1. The molecule has 134 valence electrons. The first-order chi connectivity index (χ1) is 13.2. The Hall–Kier alpha value is -3.25. The Morgan fingerprint density at radius 2 is 1.81 bits per heavy atom. The van der Waals surface area contributed by atoms with E-state index in [2.05, 4.69) is 21.4 Å². The smallest absolute Gasteiger partial charge is 0.269 e. The van der Waals surface area contributed by atoms with Crippen molar-refractivity contribution in [3.8, 4) is 5.69 Å². The molecule has 4 aromatic rings. The lowest BCUT2D eigenvalue weighted by molar-refractivity contribution is 0.0947. The van der Waals surface area contributed by atoms with E-state index in [1.54, 1.807) is 10.8 Å². The Bertz CT molecular complexity index is 1150. The number of benzene rings is 2. The van der Waals surface area contributed by atoms with Crippen molar-refractivity contribution in [3.63, 3.8) is 0 Å². The van der Waals surface area contributed by atoms with E-state index in [9.17, 15) is 4.79 Å². The summed E-state index contributed by atoms with van der Waals surface area (Å²) in [5.41, 5.74) is 3.25. The van der Waals surface area contributed by atoms with Crippen LogP contribution in [0.25, 0.3) is 16.6 Å². The summed E-state index contributed by atoms with van der Waals surface area (Å²) in [6.07, 6.45) is 2.30. The van der Waals surface area contributed by atoms with Crippen LogP contribution in [0.5, 0.6) is 0 Å². The maximum absolute atomic E-state index is 12.6. The third-order valence-electron chi connectivity index (χ3n) is 4.35. The zero-order chi connectivity index (χ0) is 18.6.